The van der Waals surface area contributed by atoms with Gasteiger partial charge in [0, 0.05) is 27.2 Å². The van der Waals surface area contributed by atoms with Crippen LogP contribution >= 0.6 is 11.6 Å². The Morgan fingerprint density at radius 2 is 1.88 bits per heavy atom. The van der Waals surface area contributed by atoms with E-state index in [-0.39, 0.29) is 27.9 Å². The van der Waals surface area contributed by atoms with Gasteiger partial charge >= 0.3 is 0 Å². The third kappa shape index (κ3) is 4.06. The topological polar surface area (TPSA) is 86.8 Å². The molecule has 0 saturated carbocycles. The van der Waals surface area contributed by atoms with Crippen LogP contribution in [0.25, 0.3) is 0 Å². The highest BCUT2D eigenvalue weighted by Crippen LogP contribution is 2.22. The van der Waals surface area contributed by atoms with Gasteiger partial charge in [0.15, 0.2) is 0 Å². The number of nitrogens with zero attached hydrogens (tertiary/aromatic N) is 2. The van der Waals surface area contributed by atoms with Gasteiger partial charge in [0.2, 0.25) is 15.9 Å². The molecule has 0 bridgehead atoms. The molecule has 1 aromatic rings. The molecule has 9 heteroatoms. The molecule has 1 fully saturated rings. The molecule has 1 saturated heterocycles. The zero-order chi connectivity index (χ0) is 17.9. The van der Waals surface area contributed by atoms with Crippen LogP contribution in [0.4, 0.5) is 0 Å². The van der Waals surface area contributed by atoms with Crippen molar-refractivity contribution in [2.75, 3.05) is 33.7 Å². The number of carbonyl (C=O) groups is 2. The maximum atomic E-state index is 12.3. The number of benzene rings is 1. The second-order valence-corrected chi connectivity index (χ2v) is 8.26. The molecule has 1 aliphatic rings. The molecule has 7 nitrogen and oxygen atoms in total. The van der Waals surface area contributed by atoms with Gasteiger partial charge in [0.05, 0.1) is 22.0 Å². The van der Waals surface area contributed by atoms with E-state index in [0.717, 1.165) is 17.1 Å². The summed E-state index contributed by atoms with van der Waals surface area (Å²) < 4.78 is 25.3. The van der Waals surface area contributed by atoms with Gasteiger partial charge in [-0.3, -0.25) is 9.59 Å². The van der Waals surface area contributed by atoms with Crippen LogP contribution in [0.5, 0.6) is 0 Å². The van der Waals surface area contributed by atoms with Crippen LogP contribution in [0.2, 0.25) is 5.02 Å². The molecule has 132 valence electrons. The molecule has 0 radical (unpaired) electrons. The average molecular weight is 374 g/mol. The lowest BCUT2D eigenvalue weighted by Crippen LogP contribution is -2.38. The number of sulfonamides is 1. The number of amides is 2. The van der Waals surface area contributed by atoms with Crippen molar-refractivity contribution < 1.29 is 18.0 Å². The molecule has 0 aliphatic carbocycles. The number of halogens is 1. The monoisotopic (exact) mass is 373 g/mol. The van der Waals surface area contributed by atoms with Crippen LogP contribution < -0.4 is 5.32 Å². The summed E-state index contributed by atoms with van der Waals surface area (Å²) in [6, 6.07) is 3.91. The summed E-state index contributed by atoms with van der Waals surface area (Å²) in [5.41, 5.74) is 0.0220. The van der Waals surface area contributed by atoms with Crippen LogP contribution in [0.3, 0.4) is 0 Å². The predicted octanol–water partition coefficient (Wildman–Crippen LogP) is 0.942. The highest BCUT2D eigenvalue weighted by molar-refractivity contribution is 7.89. The van der Waals surface area contributed by atoms with Gasteiger partial charge in [-0.1, -0.05) is 11.6 Å². The van der Waals surface area contributed by atoms with Crippen molar-refractivity contribution >= 4 is 33.4 Å². The summed E-state index contributed by atoms with van der Waals surface area (Å²) in [5.74, 6) is -0.739. The molecule has 1 N–H and O–H groups in total. The highest BCUT2D eigenvalue weighted by atomic mass is 35.5. The molecule has 0 spiro atoms. The Bertz CT molecular complexity index is 743. The van der Waals surface area contributed by atoms with Gasteiger partial charge in [-0.2, -0.15) is 0 Å². The van der Waals surface area contributed by atoms with Crippen LogP contribution in [0.1, 0.15) is 23.2 Å². The molecule has 24 heavy (non-hydrogen) atoms. The standard InChI is InChI=1S/C15H20ClN3O4S/c1-18(2)24(22,23)11-5-6-13(16)12(9-11)15(21)17-10-14(20)19-7-3-4-8-19/h5-6,9H,3-4,7-8,10H2,1-2H3,(H,17,21). The summed E-state index contributed by atoms with van der Waals surface area (Å²) >= 11 is 6.00. The minimum absolute atomic E-state index is 0.0220. The first-order valence-electron chi connectivity index (χ1n) is 7.51. The van der Waals surface area contributed by atoms with Crippen molar-refractivity contribution in [3.8, 4) is 0 Å². The Morgan fingerprint density at radius 1 is 1.25 bits per heavy atom. The van der Waals surface area contributed by atoms with Crippen molar-refractivity contribution in [3.05, 3.63) is 28.8 Å². The van der Waals surface area contributed by atoms with E-state index >= 15 is 0 Å². The van der Waals surface area contributed by atoms with Crippen LogP contribution in [0.15, 0.2) is 23.1 Å². The number of rotatable bonds is 5. The molecule has 0 aromatic heterocycles. The van der Waals surface area contributed by atoms with Gasteiger partial charge in [-0.25, -0.2) is 12.7 Å². The van der Waals surface area contributed by atoms with Gasteiger partial charge < -0.3 is 10.2 Å². The fourth-order valence-electron chi connectivity index (χ4n) is 2.38. The average Bonchev–Trinajstić information content (AvgIpc) is 3.06. The fraction of sp³-hybridized carbons (Fsp3) is 0.467. The summed E-state index contributed by atoms with van der Waals surface area (Å²) in [7, 11) is -0.872. The third-order valence-electron chi connectivity index (χ3n) is 3.82. The summed E-state index contributed by atoms with van der Waals surface area (Å²) in [6.07, 6.45) is 1.94. The van der Waals surface area contributed by atoms with Crippen molar-refractivity contribution in [2.24, 2.45) is 0 Å². The van der Waals surface area contributed by atoms with Crippen molar-refractivity contribution in [1.29, 1.82) is 0 Å². The Hall–Kier alpha value is -1.64. The molecule has 1 aliphatic heterocycles. The molecule has 1 heterocycles. The lowest BCUT2D eigenvalue weighted by atomic mass is 10.2. The van der Waals surface area contributed by atoms with Crippen LogP contribution in [-0.4, -0.2) is 63.2 Å². The highest BCUT2D eigenvalue weighted by Gasteiger charge is 2.22. The Balaban J connectivity index is 2.12. The van der Waals surface area contributed by atoms with E-state index in [4.69, 9.17) is 11.6 Å². The largest absolute Gasteiger partial charge is 0.343 e. The van der Waals surface area contributed by atoms with Crippen molar-refractivity contribution in [2.45, 2.75) is 17.7 Å². The van der Waals surface area contributed by atoms with Gasteiger partial charge in [0.1, 0.15) is 0 Å². The van der Waals surface area contributed by atoms with Gasteiger partial charge in [-0.05, 0) is 31.0 Å². The zero-order valence-electron chi connectivity index (χ0n) is 13.6. The molecule has 0 unspecified atom stereocenters. The number of nitrogens with one attached hydrogen (secondary N) is 1. The summed E-state index contributed by atoms with van der Waals surface area (Å²) in [5, 5.41) is 2.63. The minimum Gasteiger partial charge on any atom is -0.343 e. The second-order valence-electron chi connectivity index (χ2n) is 5.70. The summed E-state index contributed by atoms with van der Waals surface area (Å²) in [6.45, 7) is 1.26. The Morgan fingerprint density at radius 3 is 2.46 bits per heavy atom. The van der Waals surface area contributed by atoms with Gasteiger partial charge in [0.25, 0.3) is 5.91 Å². The molecule has 0 atom stereocenters. The van der Waals surface area contributed by atoms with Crippen molar-refractivity contribution in [1.82, 2.24) is 14.5 Å². The fourth-order valence-corrected chi connectivity index (χ4v) is 3.51. The van der Waals surface area contributed by atoms with E-state index in [1.54, 1.807) is 4.90 Å². The predicted molar refractivity (Wildman–Crippen MR) is 90.5 cm³/mol. The molecular formula is C15H20ClN3O4S. The third-order valence-corrected chi connectivity index (χ3v) is 5.96. The maximum Gasteiger partial charge on any atom is 0.253 e. The number of carbonyl (C=O) groups excluding carboxylic acids is 2. The van der Waals surface area contributed by atoms with Crippen LogP contribution in [-0.2, 0) is 14.8 Å². The number of hydrogen-bond acceptors (Lipinski definition) is 4. The quantitative estimate of drug-likeness (QED) is 0.832. The SMILES string of the molecule is CN(C)S(=O)(=O)c1ccc(Cl)c(C(=O)NCC(=O)N2CCCC2)c1. The zero-order valence-corrected chi connectivity index (χ0v) is 15.2. The van der Waals surface area contributed by atoms with E-state index in [1.165, 1.54) is 32.3 Å². The lowest BCUT2D eigenvalue weighted by molar-refractivity contribution is -0.129. The van der Waals surface area contributed by atoms with Gasteiger partial charge in [-0.15, -0.1) is 0 Å². The van der Waals surface area contributed by atoms with E-state index in [0.29, 0.717) is 13.1 Å². The molecule has 1 aromatic carbocycles. The minimum atomic E-state index is -3.67. The van der Waals surface area contributed by atoms with E-state index in [9.17, 15) is 18.0 Å². The van der Waals surface area contributed by atoms with Crippen LogP contribution in [0, 0.1) is 0 Å². The Kier molecular flexibility index (Phi) is 5.84. The second kappa shape index (κ2) is 7.50. The Labute approximate surface area is 146 Å². The molecular weight excluding hydrogens is 354 g/mol. The smallest absolute Gasteiger partial charge is 0.253 e. The first-order chi connectivity index (χ1) is 11.2. The van der Waals surface area contributed by atoms with Crippen molar-refractivity contribution in [3.63, 3.8) is 0 Å². The normalized spacial score (nSPS) is 14.9. The van der Waals surface area contributed by atoms with E-state index in [1.807, 2.05) is 0 Å². The summed E-state index contributed by atoms with van der Waals surface area (Å²) in [4.78, 5) is 25.9. The first-order valence-corrected chi connectivity index (χ1v) is 9.33. The number of likely N-dealkylation sites (tertiary alicyclic amines) is 1. The number of hydrogen-bond donors (Lipinski definition) is 1. The molecule has 2 amide bonds. The first kappa shape index (κ1) is 18.7. The lowest BCUT2D eigenvalue weighted by Gasteiger charge is -2.16. The van der Waals surface area contributed by atoms with E-state index < -0.39 is 15.9 Å². The van der Waals surface area contributed by atoms with E-state index in [2.05, 4.69) is 5.32 Å². The maximum absolute atomic E-state index is 12.3. The molecule has 2 rings (SSSR count).